The van der Waals surface area contributed by atoms with Gasteiger partial charge in [-0.25, -0.2) is 9.67 Å². The summed E-state index contributed by atoms with van der Waals surface area (Å²) in [7, 11) is 3.29. The Labute approximate surface area is 189 Å². The first-order valence-electron chi connectivity index (χ1n) is 10.6. The molecule has 1 unspecified atom stereocenters. The number of nitrogens with one attached hydrogen (secondary N) is 2. The minimum absolute atomic E-state index is 0.0792. The van der Waals surface area contributed by atoms with Crippen LogP contribution in [0.3, 0.4) is 0 Å². The van der Waals surface area contributed by atoms with Crippen molar-refractivity contribution in [1.82, 2.24) is 20.4 Å². The average molecular weight is 438 g/mol. The van der Waals surface area contributed by atoms with Crippen molar-refractivity contribution in [2.45, 2.75) is 26.5 Å². The van der Waals surface area contributed by atoms with E-state index in [4.69, 9.17) is 14.2 Å². The smallest absolute Gasteiger partial charge is 0.191 e. The Balaban J connectivity index is 1.57. The Morgan fingerprint density at radius 3 is 2.44 bits per heavy atom. The fourth-order valence-corrected chi connectivity index (χ4v) is 3.04. The zero-order valence-electron chi connectivity index (χ0n) is 19.0. The monoisotopic (exact) mass is 437 g/mol. The van der Waals surface area contributed by atoms with Gasteiger partial charge in [-0.1, -0.05) is 12.1 Å². The molecule has 3 aromatic rings. The van der Waals surface area contributed by atoms with Crippen molar-refractivity contribution in [3.63, 3.8) is 0 Å². The topological polar surface area (TPSA) is 81.9 Å². The van der Waals surface area contributed by atoms with Gasteiger partial charge in [-0.05, 0) is 56.3 Å². The van der Waals surface area contributed by atoms with E-state index in [1.165, 1.54) is 0 Å². The minimum Gasteiger partial charge on any atom is -0.497 e. The van der Waals surface area contributed by atoms with Crippen LogP contribution >= 0.6 is 0 Å². The lowest BCUT2D eigenvalue weighted by Crippen LogP contribution is -2.41. The first kappa shape index (κ1) is 23.0. The van der Waals surface area contributed by atoms with Crippen molar-refractivity contribution in [2.75, 3.05) is 27.3 Å². The van der Waals surface area contributed by atoms with Crippen LogP contribution in [0.5, 0.6) is 17.2 Å². The third-order valence-corrected chi connectivity index (χ3v) is 4.68. The quantitative estimate of drug-likeness (QED) is 0.374. The van der Waals surface area contributed by atoms with Gasteiger partial charge >= 0.3 is 0 Å². The predicted octanol–water partition coefficient (Wildman–Crippen LogP) is 3.41. The van der Waals surface area contributed by atoms with E-state index >= 15 is 0 Å². The molecule has 32 heavy (non-hydrogen) atoms. The summed E-state index contributed by atoms with van der Waals surface area (Å²) in [5, 5.41) is 11.2. The number of hydrogen-bond acceptors (Lipinski definition) is 5. The van der Waals surface area contributed by atoms with E-state index in [1.807, 2.05) is 79.3 Å². The molecular formula is C24H31N5O3. The van der Waals surface area contributed by atoms with E-state index in [2.05, 4.69) is 20.7 Å². The van der Waals surface area contributed by atoms with Crippen LogP contribution in [0.2, 0.25) is 0 Å². The highest BCUT2D eigenvalue weighted by Crippen LogP contribution is 2.26. The van der Waals surface area contributed by atoms with Gasteiger partial charge in [-0.3, -0.25) is 0 Å². The zero-order chi connectivity index (χ0) is 22.8. The van der Waals surface area contributed by atoms with Gasteiger partial charge in [0.2, 0.25) is 0 Å². The lowest BCUT2D eigenvalue weighted by molar-refractivity contribution is 0.213. The summed E-state index contributed by atoms with van der Waals surface area (Å²) in [6, 6.07) is 17.3. The van der Waals surface area contributed by atoms with Gasteiger partial charge in [0.15, 0.2) is 17.5 Å². The molecule has 0 spiro atoms. The largest absolute Gasteiger partial charge is 0.497 e. The number of aliphatic imine (C=N–C) groups is 1. The molecule has 0 bridgehead atoms. The number of rotatable bonds is 10. The van der Waals surface area contributed by atoms with Crippen LogP contribution in [0.25, 0.3) is 5.69 Å². The summed E-state index contributed by atoms with van der Waals surface area (Å²) in [5.41, 5.74) is 1.84. The number of nitrogens with zero attached hydrogens (tertiary/aromatic N) is 3. The molecule has 3 rings (SSSR count). The van der Waals surface area contributed by atoms with Crippen molar-refractivity contribution >= 4 is 5.96 Å². The van der Waals surface area contributed by atoms with E-state index in [0.29, 0.717) is 24.8 Å². The number of guanidine groups is 1. The summed E-state index contributed by atoms with van der Waals surface area (Å²) in [6.45, 7) is 5.84. The Bertz CT molecular complexity index is 1000. The fourth-order valence-electron chi connectivity index (χ4n) is 3.04. The van der Waals surface area contributed by atoms with Gasteiger partial charge in [-0.15, -0.1) is 0 Å². The van der Waals surface area contributed by atoms with Crippen LogP contribution in [0.4, 0.5) is 0 Å². The normalized spacial score (nSPS) is 12.2. The Kier molecular flexibility index (Phi) is 8.36. The molecule has 0 saturated heterocycles. The molecule has 2 aromatic carbocycles. The van der Waals surface area contributed by atoms with Crippen LogP contribution in [0.1, 0.15) is 19.5 Å². The maximum absolute atomic E-state index is 6.00. The van der Waals surface area contributed by atoms with Crippen LogP contribution in [0, 0.1) is 0 Å². The van der Waals surface area contributed by atoms with Crippen molar-refractivity contribution in [2.24, 2.45) is 4.99 Å². The number of aromatic nitrogens is 2. The highest BCUT2D eigenvalue weighted by atomic mass is 16.5. The van der Waals surface area contributed by atoms with Crippen molar-refractivity contribution in [3.05, 3.63) is 66.5 Å². The van der Waals surface area contributed by atoms with E-state index in [0.717, 1.165) is 29.4 Å². The van der Waals surface area contributed by atoms with Gasteiger partial charge in [0.05, 0.1) is 38.7 Å². The third kappa shape index (κ3) is 6.41. The fraction of sp³-hybridized carbons (Fsp3) is 0.333. The van der Waals surface area contributed by atoms with E-state index in [9.17, 15) is 0 Å². The first-order chi connectivity index (χ1) is 15.6. The van der Waals surface area contributed by atoms with Gasteiger partial charge in [-0.2, -0.15) is 5.10 Å². The number of para-hydroxylation sites is 2. The highest BCUT2D eigenvalue weighted by molar-refractivity contribution is 5.79. The molecule has 0 aliphatic carbocycles. The zero-order valence-corrected chi connectivity index (χ0v) is 19.0. The summed E-state index contributed by atoms with van der Waals surface area (Å²) in [5.74, 6) is 2.96. The highest BCUT2D eigenvalue weighted by Gasteiger charge is 2.10. The van der Waals surface area contributed by atoms with E-state index in [1.54, 1.807) is 14.2 Å². The van der Waals surface area contributed by atoms with Gasteiger partial charge < -0.3 is 24.8 Å². The van der Waals surface area contributed by atoms with Crippen molar-refractivity contribution in [3.8, 4) is 22.9 Å². The van der Waals surface area contributed by atoms with Crippen LogP contribution < -0.4 is 24.8 Å². The molecule has 8 heteroatoms. The molecule has 0 aliphatic rings. The molecule has 1 heterocycles. The van der Waals surface area contributed by atoms with Gasteiger partial charge in [0.1, 0.15) is 11.9 Å². The first-order valence-corrected chi connectivity index (χ1v) is 10.6. The third-order valence-electron chi connectivity index (χ3n) is 4.68. The molecule has 8 nitrogen and oxygen atoms in total. The molecule has 2 N–H and O–H groups in total. The van der Waals surface area contributed by atoms with Crippen molar-refractivity contribution < 1.29 is 14.2 Å². The SMILES string of the molecule is CCNC(=NCc1ccn(-c2ccc(OC)cc2)n1)NCC(C)Oc1ccccc1OC. The summed E-state index contributed by atoms with van der Waals surface area (Å²) < 4.78 is 18.4. The van der Waals surface area contributed by atoms with Crippen molar-refractivity contribution in [1.29, 1.82) is 0 Å². The maximum atomic E-state index is 6.00. The molecule has 0 fully saturated rings. The summed E-state index contributed by atoms with van der Waals surface area (Å²) in [4.78, 5) is 4.65. The number of ether oxygens (including phenoxy) is 3. The minimum atomic E-state index is -0.0792. The van der Waals surface area contributed by atoms with Crippen LogP contribution in [-0.4, -0.2) is 49.2 Å². The standard InChI is InChI=1S/C24H31N5O3/c1-5-25-24(26-16-18(2)32-23-9-7-6-8-22(23)31-4)27-17-19-14-15-29(28-19)20-10-12-21(30-3)13-11-20/h6-15,18H,5,16-17H2,1-4H3,(H2,25,26,27). The second-order valence-electron chi connectivity index (χ2n) is 7.11. The van der Waals surface area contributed by atoms with Gasteiger partial charge in [0.25, 0.3) is 0 Å². The lowest BCUT2D eigenvalue weighted by atomic mass is 10.3. The Morgan fingerprint density at radius 2 is 1.75 bits per heavy atom. The molecule has 170 valence electrons. The van der Waals surface area contributed by atoms with Crippen LogP contribution in [-0.2, 0) is 6.54 Å². The number of methoxy groups -OCH3 is 2. The number of hydrogen-bond donors (Lipinski definition) is 2. The summed E-state index contributed by atoms with van der Waals surface area (Å²) >= 11 is 0. The second kappa shape index (κ2) is 11.6. The number of benzene rings is 2. The lowest BCUT2D eigenvalue weighted by Gasteiger charge is -2.19. The molecule has 0 aliphatic heterocycles. The molecular weight excluding hydrogens is 406 g/mol. The Hall–Kier alpha value is -3.68. The predicted molar refractivity (Wildman–Crippen MR) is 126 cm³/mol. The maximum Gasteiger partial charge on any atom is 0.191 e. The average Bonchev–Trinajstić information content (AvgIpc) is 3.30. The van der Waals surface area contributed by atoms with Gasteiger partial charge in [0, 0.05) is 12.7 Å². The Morgan fingerprint density at radius 1 is 1.00 bits per heavy atom. The summed E-state index contributed by atoms with van der Waals surface area (Å²) in [6.07, 6.45) is 1.85. The molecule has 0 radical (unpaired) electrons. The molecule has 1 atom stereocenters. The van der Waals surface area contributed by atoms with E-state index < -0.39 is 0 Å². The van der Waals surface area contributed by atoms with E-state index in [-0.39, 0.29) is 6.10 Å². The molecule has 0 saturated carbocycles. The second-order valence-corrected chi connectivity index (χ2v) is 7.11. The molecule has 0 amide bonds. The molecule has 1 aromatic heterocycles. The van der Waals surface area contributed by atoms with Crippen LogP contribution in [0.15, 0.2) is 65.8 Å².